The van der Waals surface area contributed by atoms with Gasteiger partial charge < -0.3 is 14.7 Å². The summed E-state index contributed by atoms with van der Waals surface area (Å²) in [5.74, 6) is -1.33. The minimum atomic E-state index is -0.626. The van der Waals surface area contributed by atoms with Gasteiger partial charge in [-0.25, -0.2) is 4.39 Å². The summed E-state index contributed by atoms with van der Waals surface area (Å²) >= 11 is 6.09. The van der Waals surface area contributed by atoms with Crippen LogP contribution in [0.2, 0.25) is 5.02 Å². The number of benzene rings is 2. The molecule has 0 atom stereocenters. The first-order valence-corrected chi connectivity index (χ1v) is 8.77. The lowest BCUT2D eigenvalue weighted by molar-refractivity contribution is -0.116. The van der Waals surface area contributed by atoms with Crippen molar-refractivity contribution in [1.82, 2.24) is 10.1 Å². The van der Waals surface area contributed by atoms with Crippen LogP contribution in [0.15, 0.2) is 53.1 Å². The van der Waals surface area contributed by atoms with E-state index in [0.717, 1.165) is 0 Å². The highest BCUT2D eigenvalue weighted by Crippen LogP contribution is 2.33. The maximum absolute atomic E-state index is 14.3. The lowest BCUT2D eigenvalue weighted by Crippen LogP contribution is -2.35. The lowest BCUT2D eigenvalue weighted by Gasteiger charge is -2.17. The normalized spacial score (nSPS) is 10.6. The number of anilines is 1. The SMILES string of the molecule is Cc1onc(-c2c(F)cccc2Cl)c1C(=O)N(C)CC(=O)Nc1ccccc1. The third kappa shape index (κ3) is 4.04. The number of likely N-dealkylation sites (N-methyl/N-ethyl adjacent to an activating group) is 1. The van der Waals surface area contributed by atoms with Crippen LogP contribution < -0.4 is 5.32 Å². The summed E-state index contributed by atoms with van der Waals surface area (Å²) in [5.41, 5.74) is 0.655. The number of nitrogens with one attached hydrogen (secondary N) is 1. The number of amides is 2. The molecule has 144 valence electrons. The molecule has 2 aromatic carbocycles. The summed E-state index contributed by atoms with van der Waals surface area (Å²) in [6.07, 6.45) is 0. The molecule has 6 nitrogen and oxygen atoms in total. The molecule has 0 bridgehead atoms. The van der Waals surface area contributed by atoms with Gasteiger partial charge in [-0.1, -0.05) is 41.0 Å². The molecule has 1 N–H and O–H groups in total. The predicted octanol–water partition coefficient (Wildman–Crippen LogP) is 4.15. The molecule has 1 heterocycles. The van der Waals surface area contributed by atoms with Crippen molar-refractivity contribution in [3.8, 4) is 11.3 Å². The van der Waals surface area contributed by atoms with Crippen LogP contribution in [-0.2, 0) is 4.79 Å². The summed E-state index contributed by atoms with van der Waals surface area (Å²) < 4.78 is 19.4. The van der Waals surface area contributed by atoms with E-state index in [-0.39, 0.29) is 40.1 Å². The van der Waals surface area contributed by atoms with Crippen LogP contribution in [0, 0.1) is 12.7 Å². The van der Waals surface area contributed by atoms with Gasteiger partial charge in [-0.3, -0.25) is 9.59 Å². The predicted molar refractivity (Wildman–Crippen MR) is 104 cm³/mol. The van der Waals surface area contributed by atoms with Crippen molar-refractivity contribution in [3.63, 3.8) is 0 Å². The van der Waals surface area contributed by atoms with Crippen LogP contribution in [-0.4, -0.2) is 35.5 Å². The van der Waals surface area contributed by atoms with Gasteiger partial charge in [0.2, 0.25) is 5.91 Å². The third-order valence-electron chi connectivity index (χ3n) is 4.06. The molecule has 3 aromatic rings. The van der Waals surface area contributed by atoms with Crippen molar-refractivity contribution in [2.45, 2.75) is 6.92 Å². The zero-order valence-corrected chi connectivity index (χ0v) is 16.0. The highest BCUT2D eigenvalue weighted by Gasteiger charge is 2.28. The molecule has 0 saturated carbocycles. The second kappa shape index (κ2) is 8.22. The topological polar surface area (TPSA) is 75.4 Å². The summed E-state index contributed by atoms with van der Waals surface area (Å²) in [6.45, 7) is 1.33. The Bertz CT molecular complexity index is 1000. The minimum Gasteiger partial charge on any atom is -0.360 e. The largest absolute Gasteiger partial charge is 0.360 e. The number of nitrogens with zero attached hydrogens (tertiary/aromatic N) is 2. The van der Waals surface area contributed by atoms with Crippen LogP contribution in [0.3, 0.4) is 0 Å². The van der Waals surface area contributed by atoms with E-state index in [0.29, 0.717) is 5.69 Å². The quantitative estimate of drug-likeness (QED) is 0.696. The van der Waals surface area contributed by atoms with E-state index in [1.54, 1.807) is 24.3 Å². The smallest absolute Gasteiger partial charge is 0.259 e. The van der Waals surface area contributed by atoms with Crippen molar-refractivity contribution >= 4 is 29.1 Å². The third-order valence-corrected chi connectivity index (χ3v) is 4.38. The van der Waals surface area contributed by atoms with Gasteiger partial charge in [0.05, 0.1) is 17.1 Å². The van der Waals surface area contributed by atoms with E-state index in [4.69, 9.17) is 16.1 Å². The van der Waals surface area contributed by atoms with Crippen molar-refractivity contribution in [2.24, 2.45) is 0 Å². The molecule has 1 aromatic heterocycles. The maximum Gasteiger partial charge on any atom is 0.259 e. The van der Waals surface area contributed by atoms with Crippen molar-refractivity contribution in [1.29, 1.82) is 0 Å². The molecule has 0 saturated heterocycles. The number of para-hydroxylation sites is 1. The Hall–Kier alpha value is -3.19. The fraction of sp³-hybridized carbons (Fsp3) is 0.150. The molecule has 0 fully saturated rings. The van der Waals surface area contributed by atoms with Crippen molar-refractivity contribution in [3.05, 3.63) is 70.7 Å². The summed E-state index contributed by atoms with van der Waals surface area (Å²) in [6, 6.07) is 13.0. The van der Waals surface area contributed by atoms with Gasteiger partial charge in [-0.05, 0) is 31.2 Å². The van der Waals surface area contributed by atoms with Gasteiger partial charge in [0.25, 0.3) is 5.91 Å². The van der Waals surface area contributed by atoms with Gasteiger partial charge >= 0.3 is 0 Å². The number of hydrogen-bond acceptors (Lipinski definition) is 4. The van der Waals surface area contributed by atoms with E-state index in [1.165, 1.54) is 37.1 Å². The molecule has 2 amide bonds. The number of hydrogen-bond donors (Lipinski definition) is 1. The number of halogens is 2. The molecule has 0 aliphatic carbocycles. The van der Waals surface area contributed by atoms with Gasteiger partial charge in [-0.15, -0.1) is 0 Å². The van der Waals surface area contributed by atoms with Gasteiger partial charge in [0.1, 0.15) is 22.8 Å². The first kappa shape index (κ1) is 19.6. The fourth-order valence-corrected chi connectivity index (χ4v) is 2.97. The Morgan fingerprint density at radius 1 is 1.18 bits per heavy atom. The molecule has 0 unspecified atom stereocenters. The van der Waals surface area contributed by atoms with E-state index >= 15 is 0 Å². The number of aromatic nitrogens is 1. The standard InChI is InChI=1S/C20H17ClFN3O3/c1-12-17(19(24-28-12)18-14(21)9-6-10-15(18)22)20(27)25(2)11-16(26)23-13-7-4-3-5-8-13/h3-10H,11H2,1-2H3,(H,23,26). The van der Waals surface area contributed by atoms with Crippen LogP contribution >= 0.6 is 11.6 Å². The van der Waals surface area contributed by atoms with Gasteiger partial charge in [0, 0.05) is 12.7 Å². The number of carbonyl (C=O) groups is 2. The molecule has 8 heteroatoms. The van der Waals surface area contributed by atoms with Crippen LogP contribution in [0.1, 0.15) is 16.1 Å². The van der Waals surface area contributed by atoms with E-state index in [9.17, 15) is 14.0 Å². The molecule has 0 spiro atoms. The Kier molecular flexibility index (Phi) is 5.75. The summed E-state index contributed by atoms with van der Waals surface area (Å²) in [7, 11) is 1.46. The Balaban J connectivity index is 1.83. The lowest BCUT2D eigenvalue weighted by atomic mass is 10.0. The summed E-state index contributed by atoms with van der Waals surface area (Å²) in [5, 5.41) is 6.61. The summed E-state index contributed by atoms with van der Waals surface area (Å²) in [4.78, 5) is 26.3. The van der Waals surface area contributed by atoms with Crippen LogP contribution in [0.25, 0.3) is 11.3 Å². The monoisotopic (exact) mass is 401 g/mol. The Morgan fingerprint density at radius 3 is 2.57 bits per heavy atom. The number of rotatable bonds is 5. The average Bonchev–Trinajstić information content (AvgIpc) is 3.02. The van der Waals surface area contributed by atoms with Gasteiger partial charge in [0.15, 0.2) is 0 Å². The maximum atomic E-state index is 14.3. The van der Waals surface area contributed by atoms with Crippen LogP contribution in [0.5, 0.6) is 0 Å². The zero-order chi connectivity index (χ0) is 20.3. The van der Waals surface area contributed by atoms with E-state index in [1.807, 2.05) is 6.07 Å². The second-order valence-corrected chi connectivity index (χ2v) is 6.54. The zero-order valence-electron chi connectivity index (χ0n) is 15.2. The molecular weight excluding hydrogens is 385 g/mol. The molecule has 0 aliphatic rings. The second-order valence-electron chi connectivity index (χ2n) is 6.13. The van der Waals surface area contributed by atoms with Crippen molar-refractivity contribution < 1.29 is 18.5 Å². The highest BCUT2D eigenvalue weighted by molar-refractivity contribution is 6.33. The average molecular weight is 402 g/mol. The fourth-order valence-electron chi connectivity index (χ4n) is 2.72. The molecular formula is C20H17ClFN3O3. The van der Waals surface area contributed by atoms with Crippen LogP contribution in [0.4, 0.5) is 10.1 Å². The van der Waals surface area contributed by atoms with E-state index < -0.39 is 11.7 Å². The van der Waals surface area contributed by atoms with Gasteiger partial charge in [-0.2, -0.15) is 0 Å². The minimum absolute atomic E-state index is 0.000850. The molecule has 28 heavy (non-hydrogen) atoms. The van der Waals surface area contributed by atoms with E-state index in [2.05, 4.69) is 10.5 Å². The number of aryl methyl sites for hydroxylation is 1. The number of carbonyl (C=O) groups excluding carboxylic acids is 2. The first-order valence-electron chi connectivity index (χ1n) is 8.39. The Labute approximate surface area is 165 Å². The highest BCUT2D eigenvalue weighted by atomic mass is 35.5. The Morgan fingerprint density at radius 2 is 1.89 bits per heavy atom. The first-order chi connectivity index (χ1) is 13.4. The molecule has 0 aliphatic heterocycles. The molecule has 0 radical (unpaired) electrons. The van der Waals surface area contributed by atoms with Crippen molar-refractivity contribution in [2.75, 3.05) is 18.9 Å². The molecule has 3 rings (SSSR count).